The van der Waals surface area contributed by atoms with Gasteiger partial charge in [0.2, 0.25) is 5.91 Å². The summed E-state index contributed by atoms with van der Waals surface area (Å²) in [5, 5.41) is 1.66. The number of pyridine rings is 1. The van der Waals surface area contributed by atoms with Gasteiger partial charge in [-0.25, -0.2) is 12.8 Å². The van der Waals surface area contributed by atoms with Gasteiger partial charge in [-0.15, -0.1) is 0 Å². The summed E-state index contributed by atoms with van der Waals surface area (Å²) in [6.45, 7) is -0.114. The van der Waals surface area contributed by atoms with E-state index in [-0.39, 0.29) is 23.8 Å². The highest BCUT2D eigenvalue weighted by molar-refractivity contribution is 7.91. The molecule has 0 radical (unpaired) electrons. The number of hydrogen-bond donors (Lipinski definition) is 1. The van der Waals surface area contributed by atoms with Crippen molar-refractivity contribution in [2.75, 3.05) is 6.54 Å². The highest BCUT2D eigenvalue weighted by Gasteiger charge is 2.29. The molecule has 1 heterocycles. The van der Waals surface area contributed by atoms with Gasteiger partial charge in [0.05, 0.1) is 11.3 Å². The van der Waals surface area contributed by atoms with E-state index in [1.165, 1.54) is 18.3 Å². The highest BCUT2D eigenvalue weighted by atomic mass is 32.2. The third kappa shape index (κ3) is 4.80. The lowest BCUT2D eigenvalue weighted by molar-refractivity contribution is -0.120. The number of carbonyl (C=O) groups excluding carboxylic acids is 1. The SMILES string of the molecule is O=C(Cc1ccccc1)NC[C@@H](c1cccnc1)S(=O)(=O)c1ccc(F)cc1. The van der Waals surface area contributed by atoms with E-state index in [0.717, 1.165) is 17.7 Å². The van der Waals surface area contributed by atoms with Crippen LogP contribution in [0, 0.1) is 5.82 Å². The molecule has 28 heavy (non-hydrogen) atoms. The molecular weight excluding hydrogens is 379 g/mol. The van der Waals surface area contributed by atoms with Gasteiger partial charge >= 0.3 is 0 Å². The summed E-state index contributed by atoms with van der Waals surface area (Å²) in [6.07, 6.45) is 3.14. The molecule has 0 saturated carbocycles. The normalized spacial score (nSPS) is 12.3. The lowest BCUT2D eigenvalue weighted by atomic mass is 10.1. The zero-order valence-corrected chi connectivity index (χ0v) is 15.8. The molecule has 0 aliphatic rings. The molecule has 0 aliphatic carbocycles. The predicted molar refractivity (Wildman–Crippen MR) is 104 cm³/mol. The molecule has 144 valence electrons. The van der Waals surface area contributed by atoms with Crippen molar-refractivity contribution in [1.29, 1.82) is 0 Å². The summed E-state index contributed by atoms with van der Waals surface area (Å²) < 4.78 is 39.4. The largest absolute Gasteiger partial charge is 0.354 e. The van der Waals surface area contributed by atoms with E-state index in [1.54, 1.807) is 18.3 Å². The van der Waals surface area contributed by atoms with Crippen molar-refractivity contribution in [2.45, 2.75) is 16.6 Å². The number of nitrogens with zero attached hydrogens (tertiary/aromatic N) is 1. The van der Waals surface area contributed by atoms with Gasteiger partial charge in [-0.2, -0.15) is 0 Å². The smallest absolute Gasteiger partial charge is 0.224 e. The summed E-state index contributed by atoms with van der Waals surface area (Å²) in [7, 11) is -3.86. The quantitative estimate of drug-likeness (QED) is 0.621. The van der Waals surface area contributed by atoms with Crippen LogP contribution in [0.5, 0.6) is 0 Å². The first-order valence-corrected chi connectivity index (χ1v) is 10.2. The Morgan fingerprint density at radius 1 is 1.00 bits per heavy atom. The van der Waals surface area contributed by atoms with Gasteiger partial charge in [0, 0.05) is 18.9 Å². The summed E-state index contributed by atoms with van der Waals surface area (Å²) in [5.41, 5.74) is 1.28. The first kappa shape index (κ1) is 19.7. The number of amides is 1. The van der Waals surface area contributed by atoms with E-state index in [2.05, 4.69) is 10.3 Å². The van der Waals surface area contributed by atoms with Crippen LogP contribution in [0.1, 0.15) is 16.4 Å². The molecular formula is C21H19FN2O3S. The first-order valence-electron chi connectivity index (χ1n) is 8.67. The number of rotatable bonds is 7. The zero-order chi connectivity index (χ0) is 20.0. The van der Waals surface area contributed by atoms with Gasteiger partial charge < -0.3 is 5.32 Å². The number of nitrogens with one attached hydrogen (secondary N) is 1. The molecule has 1 atom stereocenters. The second-order valence-corrected chi connectivity index (χ2v) is 8.37. The molecule has 0 spiro atoms. The fourth-order valence-electron chi connectivity index (χ4n) is 2.81. The van der Waals surface area contributed by atoms with E-state index in [0.29, 0.717) is 5.56 Å². The topological polar surface area (TPSA) is 76.1 Å². The maximum absolute atomic E-state index is 13.2. The van der Waals surface area contributed by atoms with Crippen LogP contribution in [-0.2, 0) is 21.1 Å². The van der Waals surface area contributed by atoms with E-state index in [9.17, 15) is 17.6 Å². The Bertz CT molecular complexity index is 1020. The summed E-state index contributed by atoms with van der Waals surface area (Å²) in [6, 6.07) is 17.1. The Labute approximate surface area is 163 Å². The lowest BCUT2D eigenvalue weighted by Gasteiger charge is -2.19. The number of aromatic nitrogens is 1. The number of carbonyl (C=O) groups is 1. The molecule has 0 bridgehead atoms. The Hall–Kier alpha value is -3.06. The van der Waals surface area contributed by atoms with Crippen LogP contribution in [0.2, 0.25) is 0 Å². The molecule has 2 aromatic carbocycles. The molecule has 3 aromatic rings. The highest BCUT2D eigenvalue weighted by Crippen LogP contribution is 2.28. The monoisotopic (exact) mass is 398 g/mol. The molecule has 3 rings (SSSR count). The summed E-state index contributed by atoms with van der Waals surface area (Å²) in [5.74, 6) is -0.803. The molecule has 0 aliphatic heterocycles. The van der Waals surface area contributed by atoms with E-state index < -0.39 is 20.9 Å². The van der Waals surface area contributed by atoms with Gasteiger partial charge in [0.1, 0.15) is 11.1 Å². The Balaban J connectivity index is 1.82. The van der Waals surface area contributed by atoms with Crippen molar-refractivity contribution < 1.29 is 17.6 Å². The van der Waals surface area contributed by atoms with Crippen LogP contribution in [0.25, 0.3) is 0 Å². The predicted octanol–water partition coefficient (Wildman–Crippen LogP) is 3.09. The number of sulfone groups is 1. The Morgan fingerprint density at radius 2 is 1.71 bits per heavy atom. The van der Waals surface area contributed by atoms with Crippen LogP contribution >= 0.6 is 0 Å². The number of benzene rings is 2. The molecule has 1 aromatic heterocycles. The molecule has 0 unspecified atom stereocenters. The van der Waals surface area contributed by atoms with Crippen LogP contribution in [0.4, 0.5) is 4.39 Å². The van der Waals surface area contributed by atoms with E-state index in [1.807, 2.05) is 30.3 Å². The van der Waals surface area contributed by atoms with Crippen LogP contribution in [0.15, 0.2) is 84.0 Å². The lowest BCUT2D eigenvalue weighted by Crippen LogP contribution is -2.33. The fraction of sp³-hybridized carbons (Fsp3) is 0.143. The average molecular weight is 398 g/mol. The van der Waals surface area contributed by atoms with Crippen molar-refractivity contribution in [3.8, 4) is 0 Å². The molecule has 7 heteroatoms. The number of hydrogen-bond acceptors (Lipinski definition) is 4. The average Bonchev–Trinajstić information content (AvgIpc) is 2.70. The maximum Gasteiger partial charge on any atom is 0.224 e. The summed E-state index contributed by atoms with van der Waals surface area (Å²) in [4.78, 5) is 16.3. The molecule has 0 fully saturated rings. The van der Waals surface area contributed by atoms with Crippen molar-refractivity contribution in [3.63, 3.8) is 0 Å². The van der Waals surface area contributed by atoms with Gasteiger partial charge in [0.25, 0.3) is 0 Å². The Kier molecular flexibility index (Phi) is 6.16. The minimum atomic E-state index is -3.86. The van der Waals surface area contributed by atoms with Gasteiger partial charge in [0.15, 0.2) is 9.84 Å². The molecule has 5 nitrogen and oxygen atoms in total. The zero-order valence-electron chi connectivity index (χ0n) is 15.0. The summed E-state index contributed by atoms with van der Waals surface area (Å²) >= 11 is 0. The van der Waals surface area contributed by atoms with Crippen molar-refractivity contribution >= 4 is 15.7 Å². The molecule has 0 saturated heterocycles. The number of halogens is 1. The van der Waals surface area contributed by atoms with Crippen LogP contribution in [0.3, 0.4) is 0 Å². The van der Waals surface area contributed by atoms with Gasteiger partial charge in [-0.3, -0.25) is 9.78 Å². The third-order valence-corrected chi connectivity index (χ3v) is 6.38. The van der Waals surface area contributed by atoms with Crippen molar-refractivity contribution in [1.82, 2.24) is 10.3 Å². The molecule has 1 N–H and O–H groups in total. The van der Waals surface area contributed by atoms with E-state index >= 15 is 0 Å². The van der Waals surface area contributed by atoms with Crippen molar-refractivity contribution in [2.24, 2.45) is 0 Å². The maximum atomic E-state index is 13.2. The van der Waals surface area contributed by atoms with Gasteiger partial charge in [-0.1, -0.05) is 36.4 Å². The minimum Gasteiger partial charge on any atom is -0.354 e. The van der Waals surface area contributed by atoms with Crippen molar-refractivity contribution in [3.05, 3.63) is 96.1 Å². The van der Waals surface area contributed by atoms with Crippen LogP contribution in [-0.4, -0.2) is 25.9 Å². The standard InChI is InChI=1S/C21H19FN2O3S/c22-18-8-10-19(11-9-18)28(26,27)20(17-7-4-12-23-14-17)15-24-21(25)13-16-5-2-1-3-6-16/h1-12,14,20H,13,15H2,(H,24,25)/t20-/m0/s1. The minimum absolute atomic E-state index is 0.0138. The van der Waals surface area contributed by atoms with E-state index in [4.69, 9.17) is 0 Å². The second kappa shape index (κ2) is 8.75. The van der Waals surface area contributed by atoms with Gasteiger partial charge in [-0.05, 0) is 41.5 Å². The fourth-order valence-corrected chi connectivity index (χ4v) is 4.46. The first-order chi connectivity index (χ1) is 13.5. The molecule has 1 amide bonds. The third-order valence-electron chi connectivity index (χ3n) is 4.27. The van der Waals surface area contributed by atoms with Crippen LogP contribution < -0.4 is 5.32 Å². The second-order valence-electron chi connectivity index (χ2n) is 6.24. The Morgan fingerprint density at radius 3 is 2.36 bits per heavy atom.